The second-order valence-electron chi connectivity index (χ2n) is 6.91. The van der Waals surface area contributed by atoms with Gasteiger partial charge in [0.25, 0.3) is 0 Å². The smallest absolute Gasteiger partial charge is 0.0547 e. The fourth-order valence-corrected chi connectivity index (χ4v) is 3.54. The molecule has 0 aromatic carbocycles. The lowest BCUT2D eigenvalue weighted by atomic mass is 10.1. The van der Waals surface area contributed by atoms with Gasteiger partial charge in [-0.1, -0.05) is 12.1 Å². The quantitative estimate of drug-likeness (QED) is 0.873. The minimum atomic E-state index is 0.221. The van der Waals surface area contributed by atoms with Crippen molar-refractivity contribution in [3.63, 3.8) is 0 Å². The number of pyridine rings is 2. The summed E-state index contributed by atoms with van der Waals surface area (Å²) in [4.78, 5) is 14.2. The van der Waals surface area contributed by atoms with Gasteiger partial charge in [0.1, 0.15) is 0 Å². The summed E-state index contributed by atoms with van der Waals surface area (Å²) in [6.45, 7) is 8.98. The first-order valence-electron chi connectivity index (χ1n) is 9.06. The van der Waals surface area contributed by atoms with Gasteiger partial charge in [-0.25, -0.2) is 0 Å². The van der Waals surface area contributed by atoms with E-state index < -0.39 is 0 Å². The Labute approximate surface area is 150 Å². The molecular weight excluding hydrogens is 312 g/mol. The highest BCUT2D eigenvalue weighted by Crippen LogP contribution is 2.17. The van der Waals surface area contributed by atoms with E-state index in [1.165, 1.54) is 0 Å². The van der Waals surface area contributed by atoms with Crippen LogP contribution >= 0.6 is 0 Å². The predicted molar refractivity (Wildman–Crippen MR) is 99.1 cm³/mol. The van der Waals surface area contributed by atoms with E-state index in [4.69, 9.17) is 0 Å². The zero-order valence-electron chi connectivity index (χ0n) is 15.2. The summed E-state index contributed by atoms with van der Waals surface area (Å²) in [7, 11) is 0. The molecule has 1 N–H and O–H groups in total. The van der Waals surface area contributed by atoms with Crippen molar-refractivity contribution < 1.29 is 5.11 Å². The lowest BCUT2D eigenvalue weighted by Crippen LogP contribution is -2.52. The highest BCUT2D eigenvalue weighted by molar-refractivity contribution is 5.11. The number of hydrogen-bond acceptors (Lipinski definition) is 5. The molecule has 1 unspecified atom stereocenters. The summed E-state index contributed by atoms with van der Waals surface area (Å²) in [5.74, 6) is 0. The summed E-state index contributed by atoms with van der Waals surface area (Å²) in [6.07, 6.45) is 0.795. The minimum Gasteiger partial charge on any atom is -0.396 e. The van der Waals surface area contributed by atoms with Crippen LogP contribution in [-0.4, -0.2) is 57.2 Å². The molecule has 0 saturated carbocycles. The summed E-state index contributed by atoms with van der Waals surface area (Å²) in [5, 5.41) is 9.49. The molecule has 5 nitrogen and oxygen atoms in total. The maximum Gasteiger partial charge on any atom is 0.0547 e. The van der Waals surface area contributed by atoms with E-state index in [0.29, 0.717) is 6.04 Å². The van der Waals surface area contributed by atoms with Gasteiger partial charge in [0.05, 0.1) is 11.4 Å². The van der Waals surface area contributed by atoms with Crippen molar-refractivity contribution in [2.75, 3.05) is 26.2 Å². The van der Waals surface area contributed by atoms with Gasteiger partial charge in [0.2, 0.25) is 0 Å². The average molecular weight is 340 g/mol. The molecule has 2 aromatic heterocycles. The van der Waals surface area contributed by atoms with E-state index in [0.717, 1.165) is 61.9 Å². The number of piperazine rings is 1. The molecule has 0 amide bonds. The van der Waals surface area contributed by atoms with Crippen LogP contribution in [0, 0.1) is 13.8 Å². The van der Waals surface area contributed by atoms with Crippen molar-refractivity contribution in [2.45, 2.75) is 39.4 Å². The lowest BCUT2D eigenvalue weighted by molar-refractivity contribution is 0.0485. The van der Waals surface area contributed by atoms with E-state index in [1.54, 1.807) is 0 Å². The topological polar surface area (TPSA) is 52.5 Å². The second kappa shape index (κ2) is 8.52. The first kappa shape index (κ1) is 18.0. The number of aromatic nitrogens is 2. The van der Waals surface area contributed by atoms with Crippen molar-refractivity contribution in [3.8, 4) is 0 Å². The highest BCUT2D eigenvalue weighted by Gasteiger charge is 2.27. The molecule has 0 radical (unpaired) electrons. The molecule has 25 heavy (non-hydrogen) atoms. The van der Waals surface area contributed by atoms with Gasteiger partial charge in [0, 0.05) is 56.8 Å². The summed E-state index contributed by atoms with van der Waals surface area (Å²) in [6, 6.07) is 12.7. The standard InChI is InChI=1S/C20H28N4O/c1-16-5-3-7-18(21-16)13-23-10-11-24(20(15-23)9-12-25)14-19-8-4-6-17(2)22-19/h3-8,20,25H,9-15H2,1-2H3. The molecule has 1 fully saturated rings. The zero-order chi connectivity index (χ0) is 17.6. The monoisotopic (exact) mass is 340 g/mol. The summed E-state index contributed by atoms with van der Waals surface area (Å²) >= 11 is 0. The van der Waals surface area contributed by atoms with E-state index >= 15 is 0 Å². The normalized spacial score (nSPS) is 19.2. The molecule has 2 aromatic rings. The summed E-state index contributed by atoms with van der Waals surface area (Å²) < 4.78 is 0. The van der Waals surface area contributed by atoms with E-state index in [2.05, 4.69) is 44.0 Å². The zero-order valence-corrected chi connectivity index (χ0v) is 15.2. The van der Waals surface area contributed by atoms with Crippen LogP contribution in [0.25, 0.3) is 0 Å². The average Bonchev–Trinajstić information content (AvgIpc) is 2.58. The second-order valence-corrected chi connectivity index (χ2v) is 6.91. The maximum absolute atomic E-state index is 9.49. The van der Waals surface area contributed by atoms with Crippen LogP contribution in [0.2, 0.25) is 0 Å². The molecule has 1 atom stereocenters. The van der Waals surface area contributed by atoms with Crippen molar-refractivity contribution >= 4 is 0 Å². The molecule has 0 spiro atoms. The molecule has 0 bridgehead atoms. The van der Waals surface area contributed by atoms with Crippen LogP contribution in [0.5, 0.6) is 0 Å². The molecule has 1 aliphatic heterocycles. The number of aliphatic hydroxyl groups excluding tert-OH is 1. The van der Waals surface area contributed by atoms with Crippen molar-refractivity contribution in [1.29, 1.82) is 0 Å². The van der Waals surface area contributed by atoms with Gasteiger partial charge < -0.3 is 5.11 Å². The van der Waals surface area contributed by atoms with E-state index in [9.17, 15) is 5.11 Å². The Morgan fingerprint density at radius 3 is 2.20 bits per heavy atom. The Kier molecular flexibility index (Phi) is 6.13. The Hall–Kier alpha value is -1.82. The van der Waals surface area contributed by atoms with Crippen LogP contribution in [0.1, 0.15) is 29.2 Å². The Morgan fingerprint density at radius 2 is 1.60 bits per heavy atom. The Bertz CT molecular complexity index is 691. The number of hydrogen-bond donors (Lipinski definition) is 1. The van der Waals surface area contributed by atoms with Crippen LogP contribution in [-0.2, 0) is 13.1 Å². The Balaban J connectivity index is 1.63. The van der Waals surface area contributed by atoms with Gasteiger partial charge >= 0.3 is 0 Å². The van der Waals surface area contributed by atoms with E-state index in [1.807, 2.05) is 26.0 Å². The molecule has 3 rings (SSSR count). The maximum atomic E-state index is 9.49. The van der Waals surface area contributed by atoms with Crippen molar-refractivity contribution in [2.24, 2.45) is 0 Å². The molecule has 1 saturated heterocycles. The lowest BCUT2D eigenvalue weighted by Gasteiger charge is -2.41. The highest BCUT2D eigenvalue weighted by atomic mass is 16.3. The SMILES string of the molecule is Cc1cccc(CN2CCN(Cc3cccc(C)n3)C(CCO)C2)n1. The molecule has 3 heterocycles. The van der Waals surface area contributed by atoms with E-state index in [-0.39, 0.29) is 6.61 Å². The van der Waals surface area contributed by atoms with Crippen molar-refractivity contribution in [1.82, 2.24) is 19.8 Å². The van der Waals surface area contributed by atoms with Gasteiger partial charge in [0.15, 0.2) is 0 Å². The molecular formula is C20H28N4O. The van der Waals surface area contributed by atoms with Crippen LogP contribution in [0.3, 0.4) is 0 Å². The predicted octanol–water partition coefficient (Wildman–Crippen LogP) is 2.16. The molecule has 1 aliphatic rings. The number of nitrogens with zero attached hydrogens (tertiary/aromatic N) is 4. The van der Waals surface area contributed by atoms with Crippen LogP contribution in [0.4, 0.5) is 0 Å². The van der Waals surface area contributed by atoms with Gasteiger partial charge in [-0.15, -0.1) is 0 Å². The minimum absolute atomic E-state index is 0.221. The Morgan fingerprint density at radius 1 is 0.960 bits per heavy atom. The fourth-order valence-electron chi connectivity index (χ4n) is 3.54. The van der Waals surface area contributed by atoms with Crippen LogP contribution < -0.4 is 0 Å². The molecule has 5 heteroatoms. The number of rotatable bonds is 6. The largest absolute Gasteiger partial charge is 0.396 e. The third-order valence-corrected chi connectivity index (χ3v) is 4.79. The van der Waals surface area contributed by atoms with Crippen molar-refractivity contribution in [3.05, 3.63) is 59.2 Å². The first-order chi connectivity index (χ1) is 12.1. The molecule has 134 valence electrons. The van der Waals surface area contributed by atoms with Gasteiger partial charge in [-0.3, -0.25) is 19.8 Å². The third kappa shape index (κ3) is 5.08. The number of aryl methyl sites for hydroxylation is 2. The third-order valence-electron chi connectivity index (χ3n) is 4.79. The molecule has 0 aliphatic carbocycles. The van der Waals surface area contributed by atoms with Gasteiger partial charge in [-0.2, -0.15) is 0 Å². The fraction of sp³-hybridized carbons (Fsp3) is 0.500. The summed E-state index contributed by atoms with van der Waals surface area (Å²) in [5.41, 5.74) is 4.35. The van der Waals surface area contributed by atoms with Crippen LogP contribution in [0.15, 0.2) is 36.4 Å². The number of aliphatic hydroxyl groups is 1. The first-order valence-corrected chi connectivity index (χ1v) is 9.06. The van der Waals surface area contributed by atoms with Gasteiger partial charge in [-0.05, 0) is 44.5 Å².